The van der Waals surface area contributed by atoms with Gasteiger partial charge in [0.2, 0.25) is 11.0 Å². The van der Waals surface area contributed by atoms with Crippen molar-refractivity contribution in [3.63, 3.8) is 0 Å². The van der Waals surface area contributed by atoms with Crippen LogP contribution in [0.5, 0.6) is 0 Å². The Morgan fingerprint density at radius 1 is 1.21 bits per heavy atom. The van der Waals surface area contributed by atoms with Crippen LogP contribution in [0.15, 0.2) is 38.4 Å². The molecule has 24 heavy (non-hydrogen) atoms. The highest BCUT2D eigenvalue weighted by atomic mass is 79.9. The highest BCUT2D eigenvalue weighted by molar-refractivity contribution is 9.10. The van der Waals surface area contributed by atoms with Crippen LogP contribution in [0.1, 0.15) is 44.7 Å². The van der Waals surface area contributed by atoms with E-state index in [1.165, 1.54) is 11.8 Å². The lowest BCUT2D eigenvalue weighted by Gasteiger charge is -2.11. The minimum absolute atomic E-state index is 0.0311. The van der Waals surface area contributed by atoms with Gasteiger partial charge in [-0.1, -0.05) is 71.8 Å². The van der Waals surface area contributed by atoms with Crippen molar-refractivity contribution < 1.29 is 4.52 Å². The summed E-state index contributed by atoms with van der Waals surface area (Å²) < 4.78 is 6.35. The number of rotatable bonds is 4. The third kappa shape index (κ3) is 3.70. The van der Waals surface area contributed by atoms with Gasteiger partial charge in [-0.05, 0) is 13.0 Å². The third-order valence-corrected chi connectivity index (χ3v) is 4.98. The Bertz CT molecular complexity index is 839. The molecule has 0 saturated carbocycles. The number of hydrogen-bond acceptors (Lipinski definition) is 6. The van der Waals surface area contributed by atoms with Gasteiger partial charge in [0.05, 0.1) is 5.25 Å². The molecule has 3 aromatic rings. The number of nitrogens with one attached hydrogen (secondary N) is 1. The predicted molar refractivity (Wildman–Crippen MR) is 96.8 cm³/mol. The van der Waals surface area contributed by atoms with Crippen LogP contribution >= 0.6 is 27.7 Å². The Morgan fingerprint density at radius 2 is 1.96 bits per heavy atom. The zero-order chi connectivity index (χ0) is 17.3. The lowest BCUT2D eigenvalue weighted by molar-refractivity contribution is 0.364. The fourth-order valence-electron chi connectivity index (χ4n) is 1.99. The van der Waals surface area contributed by atoms with Crippen LogP contribution in [0.3, 0.4) is 0 Å². The second kappa shape index (κ2) is 6.68. The van der Waals surface area contributed by atoms with E-state index in [1.54, 1.807) is 0 Å². The summed E-state index contributed by atoms with van der Waals surface area (Å²) in [7, 11) is 0. The minimum Gasteiger partial charge on any atom is -0.338 e. The molecule has 1 aromatic carbocycles. The van der Waals surface area contributed by atoms with Crippen molar-refractivity contribution in [3.8, 4) is 11.4 Å². The monoisotopic (exact) mass is 407 g/mol. The van der Waals surface area contributed by atoms with Gasteiger partial charge in [0.1, 0.15) is 0 Å². The van der Waals surface area contributed by atoms with Crippen molar-refractivity contribution in [2.24, 2.45) is 0 Å². The maximum Gasteiger partial charge on any atom is 0.239 e. The van der Waals surface area contributed by atoms with Gasteiger partial charge in [0.15, 0.2) is 11.6 Å². The molecular formula is C16H18BrN5OS. The molecule has 0 bridgehead atoms. The molecule has 0 fully saturated rings. The van der Waals surface area contributed by atoms with E-state index in [0.29, 0.717) is 16.9 Å². The zero-order valence-corrected chi connectivity index (χ0v) is 16.3. The Labute approximate surface area is 153 Å². The average Bonchev–Trinajstić information content (AvgIpc) is 3.16. The summed E-state index contributed by atoms with van der Waals surface area (Å²) in [6, 6.07) is 7.88. The molecule has 0 amide bonds. The molecule has 0 spiro atoms. The lowest BCUT2D eigenvalue weighted by atomic mass is 9.96. The number of aromatic amines is 1. The molecule has 3 rings (SSSR count). The first-order valence-corrected chi connectivity index (χ1v) is 9.20. The van der Waals surface area contributed by atoms with Crippen LogP contribution in [-0.2, 0) is 5.41 Å². The van der Waals surface area contributed by atoms with E-state index < -0.39 is 0 Å². The Balaban J connectivity index is 1.75. The molecule has 0 aliphatic heterocycles. The number of benzene rings is 1. The zero-order valence-electron chi connectivity index (χ0n) is 13.9. The molecule has 0 aliphatic rings. The Morgan fingerprint density at radius 3 is 2.62 bits per heavy atom. The number of hydrogen-bond donors (Lipinski definition) is 1. The van der Waals surface area contributed by atoms with Gasteiger partial charge in [0.25, 0.3) is 0 Å². The fourth-order valence-corrected chi connectivity index (χ4v) is 3.21. The highest BCUT2D eigenvalue weighted by Crippen LogP contribution is 2.34. The maximum absolute atomic E-state index is 5.38. The first kappa shape index (κ1) is 17.2. The molecule has 8 heteroatoms. The van der Waals surface area contributed by atoms with Crippen molar-refractivity contribution in [3.05, 3.63) is 40.5 Å². The van der Waals surface area contributed by atoms with E-state index in [-0.39, 0.29) is 10.7 Å². The maximum atomic E-state index is 5.38. The van der Waals surface area contributed by atoms with Crippen LogP contribution in [0.2, 0.25) is 0 Å². The largest absolute Gasteiger partial charge is 0.338 e. The summed E-state index contributed by atoms with van der Waals surface area (Å²) >= 11 is 5.00. The van der Waals surface area contributed by atoms with Crippen LogP contribution in [0.25, 0.3) is 11.4 Å². The van der Waals surface area contributed by atoms with Crippen molar-refractivity contribution in [2.45, 2.75) is 43.5 Å². The highest BCUT2D eigenvalue weighted by Gasteiger charge is 2.24. The minimum atomic E-state index is -0.135. The first-order chi connectivity index (χ1) is 11.3. The van der Waals surface area contributed by atoms with Gasteiger partial charge < -0.3 is 4.52 Å². The molecule has 0 radical (unpaired) electrons. The molecule has 0 aliphatic carbocycles. The lowest BCUT2D eigenvalue weighted by Crippen LogP contribution is -2.13. The summed E-state index contributed by atoms with van der Waals surface area (Å²) in [5.41, 5.74) is 0.834. The summed E-state index contributed by atoms with van der Waals surface area (Å²) in [4.78, 5) is 9.02. The number of nitrogens with zero attached hydrogens (tertiary/aromatic N) is 4. The van der Waals surface area contributed by atoms with Crippen LogP contribution < -0.4 is 0 Å². The summed E-state index contributed by atoms with van der Waals surface area (Å²) in [5, 5.41) is 11.9. The SMILES string of the molecule is CC(Sc1n[nH]c(-c2ccccc2Br)n1)c1nc(C(C)(C)C)no1. The van der Waals surface area contributed by atoms with Crippen molar-refractivity contribution >= 4 is 27.7 Å². The smallest absolute Gasteiger partial charge is 0.239 e. The second-order valence-electron chi connectivity index (χ2n) is 6.41. The Kier molecular flexibility index (Phi) is 4.78. The molecule has 6 nitrogen and oxygen atoms in total. The topological polar surface area (TPSA) is 80.5 Å². The van der Waals surface area contributed by atoms with E-state index >= 15 is 0 Å². The van der Waals surface area contributed by atoms with Crippen molar-refractivity contribution in [2.75, 3.05) is 0 Å². The fraction of sp³-hybridized carbons (Fsp3) is 0.375. The van der Waals surface area contributed by atoms with E-state index in [1.807, 2.05) is 31.2 Å². The molecule has 2 heterocycles. The van der Waals surface area contributed by atoms with Gasteiger partial charge >= 0.3 is 0 Å². The summed E-state index contributed by atoms with van der Waals surface area (Å²) in [5.74, 6) is 2.00. The number of H-pyrrole nitrogens is 1. The van der Waals surface area contributed by atoms with E-state index in [0.717, 1.165) is 15.9 Å². The number of thioether (sulfide) groups is 1. The van der Waals surface area contributed by atoms with E-state index in [2.05, 4.69) is 62.0 Å². The van der Waals surface area contributed by atoms with Gasteiger partial charge in [-0.25, -0.2) is 4.98 Å². The average molecular weight is 408 g/mol. The van der Waals surface area contributed by atoms with Crippen molar-refractivity contribution in [1.82, 2.24) is 25.3 Å². The molecule has 0 saturated heterocycles. The molecule has 126 valence electrons. The van der Waals surface area contributed by atoms with Gasteiger partial charge in [-0.2, -0.15) is 4.98 Å². The van der Waals surface area contributed by atoms with Crippen LogP contribution in [-0.4, -0.2) is 25.3 Å². The van der Waals surface area contributed by atoms with E-state index in [4.69, 9.17) is 4.52 Å². The molecular weight excluding hydrogens is 390 g/mol. The van der Waals surface area contributed by atoms with Gasteiger partial charge in [-0.15, -0.1) is 5.10 Å². The molecule has 1 unspecified atom stereocenters. The summed E-state index contributed by atoms with van der Waals surface area (Å²) in [6.07, 6.45) is 0. The summed E-state index contributed by atoms with van der Waals surface area (Å²) in [6.45, 7) is 8.16. The van der Waals surface area contributed by atoms with Crippen LogP contribution in [0, 0.1) is 0 Å². The second-order valence-corrected chi connectivity index (χ2v) is 8.58. The molecule has 1 N–H and O–H groups in total. The number of aromatic nitrogens is 5. The van der Waals surface area contributed by atoms with Crippen molar-refractivity contribution in [1.29, 1.82) is 0 Å². The van der Waals surface area contributed by atoms with Gasteiger partial charge in [-0.3, -0.25) is 5.10 Å². The molecule has 1 atom stereocenters. The van der Waals surface area contributed by atoms with Crippen LogP contribution in [0.4, 0.5) is 0 Å². The number of halogens is 1. The first-order valence-electron chi connectivity index (χ1n) is 7.52. The quantitative estimate of drug-likeness (QED) is 0.627. The third-order valence-electron chi connectivity index (χ3n) is 3.34. The predicted octanol–water partition coefficient (Wildman–Crippen LogP) is 4.77. The molecule has 2 aromatic heterocycles. The Hall–Kier alpha value is -1.67. The van der Waals surface area contributed by atoms with E-state index in [9.17, 15) is 0 Å². The standard InChI is InChI=1S/C16H18BrN5OS/c1-9(13-19-14(22-23-13)16(2,3)4)24-15-18-12(20-21-15)10-7-5-6-8-11(10)17/h5-9H,1-4H3,(H,18,20,21). The normalized spacial score (nSPS) is 13.2. The van der Waals surface area contributed by atoms with Gasteiger partial charge in [0, 0.05) is 15.5 Å².